The Bertz CT molecular complexity index is 596. The summed E-state index contributed by atoms with van der Waals surface area (Å²) in [6.07, 6.45) is 1.63. The fourth-order valence-electron chi connectivity index (χ4n) is 1.67. The summed E-state index contributed by atoms with van der Waals surface area (Å²) >= 11 is 4.88. The fourth-order valence-corrected chi connectivity index (χ4v) is 3.08. The van der Waals surface area contributed by atoms with Crippen LogP contribution in [0.5, 0.6) is 0 Å². The summed E-state index contributed by atoms with van der Waals surface area (Å²) in [5.41, 5.74) is 0.925. The Hall–Kier alpha value is -1.40. The zero-order valence-electron chi connectivity index (χ0n) is 9.85. The highest BCUT2D eigenvalue weighted by atomic mass is 79.9. The van der Waals surface area contributed by atoms with Crippen LogP contribution in [0.25, 0.3) is 10.4 Å². The van der Waals surface area contributed by atoms with Crippen molar-refractivity contribution in [1.29, 1.82) is 0 Å². The van der Waals surface area contributed by atoms with Gasteiger partial charge in [0, 0.05) is 30.7 Å². The smallest absolute Gasteiger partial charge is 0.340 e. The average molecular weight is 327 g/mol. The number of thiophene rings is 1. The molecule has 18 heavy (non-hydrogen) atoms. The molecule has 0 bridgehead atoms. The molecule has 0 radical (unpaired) electrons. The van der Waals surface area contributed by atoms with Gasteiger partial charge in [-0.1, -0.05) is 0 Å². The van der Waals surface area contributed by atoms with Gasteiger partial charge in [0.05, 0.1) is 3.79 Å². The number of halogens is 1. The summed E-state index contributed by atoms with van der Waals surface area (Å²) in [6.45, 7) is 0. The molecule has 2 rings (SSSR count). The van der Waals surface area contributed by atoms with Crippen LogP contribution in [0.4, 0.5) is 5.82 Å². The van der Waals surface area contributed by atoms with Crippen LogP contribution in [0, 0.1) is 0 Å². The lowest BCUT2D eigenvalue weighted by Gasteiger charge is -2.15. The third kappa shape index (κ3) is 2.39. The molecule has 0 fully saturated rings. The number of carboxylic acids is 1. The van der Waals surface area contributed by atoms with Crippen molar-refractivity contribution in [1.82, 2.24) is 4.98 Å². The van der Waals surface area contributed by atoms with Gasteiger partial charge in [-0.15, -0.1) is 11.3 Å². The third-order valence-corrected chi connectivity index (χ3v) is 4.06. The van der Waals surface area contributed by atoms with Gasteiger partial charge in [0.25, 0.3) is 0 Å². The normalized spacial score (nSPS) is 10.4. The lowest BCUT2D eigenvalue weighted by molar-refractivity contribution is 0.0698. The van der Waals surface area contributed by atoms with E-state index in [1.165, 1.54) is 11.3 Å². The van der Waals surface area contributed by atoms with Gasteiger partial charge in [-0.2, -0.15) is 0 Å². The van der Waals surface area contributed by atoms with E-state index in [9.17, 15) is 9.90 Å². The number of hydrogen-bond donors (Lipinski definition) is 1. The largest absolute Gasteiger partial charge is 0.478 e. The third-order valence-electron chi connectivity index (χ3n) is 2.41. The van der Waals surface area contributed by atoms with E-state index < -0.39 is 5.97 Å². The molecule has 2 heterocycles. The molecule has 6 heteroatoms. The molecular formula is C12H11BrN2O2S. The first-order chi connectivity index (χ1) is 8.50. The number of hydrogen-bond acceptors (Lipinski definition) is 4. The van der Waals surface area contributed by atoms with E-state index in [2.05, 4.69) is 20.9 Å². The molecule has 0 aromatic carbocycles. The number of pyridine rings is 1. The minimum absolute atomic E-state index is 0.233. The summed E-state index contributed by atoms with van der Waals surface area (Å²) in [5.74, 6) is -0.504. The Balaban J connectivity index is 2.67. The number of carboxylic acid groups (broad SMARTS) is 1. The van der Waals surface area contributed by atoms with Crippen molar-refractivity contribution >= 4 is 39.1 Å². The van der Waals surface area contributed by atoms with Crippen LogP contribution in [0.3, 0.4) is 0 Å². The van der Waals surface area contributed by atoms with Crippen LogP contribution in [-0.2, 0) is 0 Å². The van der Waals surface area contributed by atoms with E-state index in [1.54, 1.807) is 31.3 Å². The first kappa shape index (κ1) is 13.0. The first-order valence-corrected chi connectivity index (χ1v) is 6.77. The second-order valence-corrected chi connectivity index (χ2v) is 6.32. The summed E-state index contributed by atoms with van der Waals surface area (Å²) in [7, 11) is 3.56. The average Bonchev–Trinajstić information content (AvgIpc) is 2.74. The maximum atomic E-state index is 11.5. The van der Waals surface area contributed by atoms with Crippen LogP contribution >= 0.6 is 27.3 Å². The van der Waals surface area contributed by atoms with E-state index in [-0.39, 0.29) is 5.56 Å². The summed E-state index contributed by atoms with van der Waals surface area (Å²) in [5, 5.41) is 9.39. The van der Waals surface area contributed by atoms with Crippen LogP contribution in [0.15, 0.2) is 28.2 Å². The predicted octanol–water partition coefficient (Wildman–Crippen LogP) is 3.34. The Labute approximate surface area is 117 Å². The highest BCUT2D eigenvalue weighted by molar-refractivity contribution is 9.11. The lowest BCUT2D eigenvalue weighted by atomic mass is 10.1. The van der Waals surface area contributed by atoms with Crippen molar-refractivity contribution in [2.24, 2.45) is 0 Å². The van der Waals surface area contributed by atoms with Gasteiger partial charge in [-0.25, -0.2) is 9.78 Å². The quantitative estimate of drug-likeness (QED) is 0.939. The zero-order valence-corrected chi connectivity index (χ0v) is 12.2. The van der Waals surface area contributed by atoms with Gasteiger partial charge in [0.15, 0.2) is 0 Å². The van der Waals surface area contributed by atoms with Crippen LogP contribution in [0.2, 0.25) is 0 Å². The van der Waals surface area contributed by atoms with Crippen LogP contribution in [0.1, 0.15) is 10.4 Å². The number of rotatable bonds is 3. The van der Waals surface area contributed by atoms with Crippen molar-refractivity contribution in [2.45, 2.75) is 0 Å². The van der Waals surface area contributed by atoms with Gasteiger partial charge in [0.1, 0.15) is 11.4 Å². The van der Waals surface area contributed by atoms with E-state index in [0.29, 0.717) is 11.4 Å². The molecule has 0 saturated carbocycles. The van der Waals surface area contributed by atoms with Gasteiger partial charge in [0.2, 0.25) is 0 Å². The molecule has 4 nitrogen and oxygen atoms in total. The number of nitrogens with zero attached hydrogens (tertiary/aromatic N) is 2. The van der Waals surface area contributed by atoms with Crippen molar-refractivity contribution in [3.05, 3.63) is 33.7 Å². The molecule has 0 aliphatic rings. The molecule has 1 N–H and O–H groups in total. The minimum Gasteiger partial charge on any atom is -0.478 e. The molecule has 2 aromatic heterocycles. The first-order valence-electron chi connectivity index (χ1n) is 5.16. The maximum Gasteiger partial charge on any atom is 0.340 e. The number of anilines is 1. The monoisotopic (exact) mass is 326 g/mol. The van der Waals surface area contributed by atoms with Gasteiger partial charge in [-0.05, 0) is 34.1 Å². The Morgan fingerprint density at radius 3 is 2.61 bits per heavy atom. The Morgan fingerprint density at radius 2 is 2.11 bits per heavy atom. The van der Waals surface area contributed by atoms with E-state index in [1.807, 2.05) is 12.1 Å². The number of carbonyl (C=O) groups is 1. The molecule has 94 valence electrons. The minimum atomic E-state index is -0.966. The molecule has 0 spiro atoms. The Morgan fingerprint density at radius 1 is 1.39 bits per heavy atom. The van der Waals surface area contributed by atoms with E-state index in [0.717, 1.165) is 8.66 Å². The molecule has 0 aliphatic carbocycles. The van der Waals surface area contributed by atoms with Crippen molar-refractivity contribution in [3.8, 4) is 10.4 Å². The number of aromatic nitrogens is 1. The molecule has 2 aromatic rings. The fraction of sp³-hybridized carbons (Fsp3) is 0.167. The Kier molecular flexibility index (Phi) is 3.68. The SMILES string of the molecule is CN(C)c1nccc(-c2ccc(Br)s2)c1C(=O)O. The van der Waals surface area contributed by atoms with Gasteiger partial charge >= 0.3 is 5.97 Å². The van der Waals surface area contributed by atoms with Crippen LogP contribution in [-0.4, -0.2) is 30.2 Å². The molecule has 0 saturated heterocycles. The van der Waals surface area contributed by atoms with Crippen LogP contribution < -0.4 is 4.90 Å². The van der Waals surface area contributed by atoms with E-state index in [4.69, 9.17) is 0 Å². The van der Waals surface area contributed by atoms with E-state index >= 15 is 0 Å². The second-order valence-electron chi connectivity index (χ2n) is 3.86. The molecular weight excluding hydrogens is 316 g/mol. The topological polar surface area (TPSA) is 53.4 Å². The highest BCUT2D eigenvalue weighted by Crippen LogP contribution is 2.35. The molecule has 0 atom stereocenters. The zero-order chi connectivity index (χ0) is 13.3. The molecule has 0 unspecified atom stereocenters. The summed E-state index contributed by atoms with van der Waals surface area (Å²) in [4.78, 5) is 18.2. The van der Waals surface area contributed by atoms with Crippen molar-refractivity contribution < 1.29 is 9.90 Å². The van der Waals surface area contributed by atoms with Gasteiger partial charge in [-0.3, -0.25) is 0 Å². The second kappa shape index (κ2) is 5.07. The molecule has 0 amide bonds. The van der Waals surface area contributed by atoms with Crippen molar-refractivity contribution in [3.63, 3.8) is 0 Å². The van der Waals surface area contributed by atoms with Gasteiger partial charge < -0.3 is 10.0 Å². The summed E-state index contributed by atoms with van der Waals surface area (Å²) in [6, 6.07) is 5.53. The molecule has 0 aliphatic heterocycles. The highest BCUT2D eigenvalue weighted by Gasteiger charge is 2.20. The number of aromatic carboxylic acids is 1. The lowest BCUT2D eigenvalue weighted by Crippen LogP contribution is -2.16. The van der Waals surface area contributed by atoms with Crippen molar-refractivity contribution in [2.75, 3.05) is 19.0 Å². The maximum absolute atomic E-state index is 11.5. The standard InChI is InChI=1S/C12H11BrN2O2S/c1-15(2)11-10(12(16)17)7(5-6-14-11)8-3-4-9(13)18-8/h3-6H,1-2H3,(H,16,17). The summed E-state index contributed by atoms with van der Waals surface area (Å²) < 4.78 is 0.969. The predicted molar refractivity (Wildman–Crippen MR) is 76.5 cm³/mol.